The van der Waals surface area contributed by atoms with Crippen LogP contribution in [0.25, 0.3) is 11.5 Å². The number of morpholine rings is 1. The zero-order valence-electron chi connectivity index (χ0n) is 22.6. The SMILES string of the molecule is CC(C)(C)c1cc(-c2nc(CCOc3ccc(CN4CCOCC4)cc3)co2)cc(C(C)(C)C)c1O. The molecule has 0 amide bonds. The Morgan fingerprint density at radius 1 is 0.944 bits per heavy atom. The van der Waals surface area contributed by atoms with Crippen LogP contribution in [0.2, 0.25) is 0 Å². The van der Waals surface area contributed by atoms with Gasteiger partial charge in [-0.3, -0.25) is 4.90 Å². The van der Waals surface area contributed by atoms with Crippen LogP contribution in [0.5, 0.6) is 11.5 Å². The smallest absolute Gasteiger partial charge is 0.226 e. The Kier molecular flexibility index (Phi) is 7.76. The van der Waals surface area contributed by atoms with Crippen LogP contribution < -0.4 is 4.74 Å². The fourth-order valence-corrected chi connectivity index (χ4v) is 4.44. The molecule has 1 aliphatic heterocycles. The minimum Gasteiger partial charge on any atom is -0.507 e. The van der Waals surface area contributed by atoms with Crippen LogP contribution in [0.15, 0.2) is 47.1 Å². The van der Waals surface area contributed by atoms with Gasteiger partial charge in [-0.2, -0.15) is 0 Å². The van der Waals surface area contributed by atoms with E-state index in [1.165, 1.54) is 5.56 Å². The lowest BCUT2D eigenvalue weighted by molar-refractivity contribution is 0.0342. The zero-order chi connectivity index (χ0) is 25.9. The van der Waals surface area contributed by atoms with Gasteiger partial charge in [0.15, 0.2) is 0 Å². The number of rotatable bonds is 7. The molecule has 2 aromatic carbocycles. The molecule has 36 heavy (non-hydrogen) atoms. The first-order chi connectivity index (χ1) is 17.0. The number of phenols is 1. The van der Waals surface area contributed by atoms with Crippen LogP contribution in [-0.4, -0.2) is 47.9 Å². The second-order valence-corrected chi connectivity index (χ2v) is 11.7. The summed E-state index contributed by atoms with van der Waals surface area (Å²) in [6, 6.07) is 12.3. The van der Waals surface area contributed by atoms with E-state index >= 15 is 0 Å². The molecule has 194 valence electrons. The second kappa shape index (κ2) is 10.7. The third-order valence-electron chi connectivity index (χ3n) is 6.58. The molecular weight excluding hydrogens is 452 g/mol. The van der Waals surface area contributed by atoms with E-state index in [4.69, 9.17) is 18.9 Å². The van der Waals surface area contributed by atoms with E-state index < -0.39 is 0 Å². The minimum absolute atomic E-state index is 0.207. The largest absolute Gasteiger partial charge is 0.507 e. The van der Waals surface area contributed by atoms with Gasteiger partial charge in [0, 0.05) is 42.7 Å². The van der Waals surface area contributed by atoms with Gasteiger partial charge in [-0.15, -0.1) is 0 Å². The van der Waals surface area contributed by atoms with Crippen molar-refractivity contribution in [3.8, 4) is 23.0 Å². The number of benzene rings is 2. The van der Waals surface area contributed by atoms with Crippen LogP contribution in [0, 0.1) is 0 Å². The topological polar surface area (TPSA) is 68.0 Å². The number of hydrogen-bond donors (Lipinski definition) is 1. The molecule has 0 spiro atoms. The van der Waals surface area contributed by atoms with Crippen molar-refractivity contribution in [1.82, 2.24) is 9.88 Å². The number of aromatic hydroxyl groups is 1. The molecule has 0 aliphatic carbocycles. The van der Waals surface area contributed by atoms with E-state index in [-0.39, 0.29) is 10.8 Å². The number of nitrogens with zero attached hydrogens (tertiary/aromatic N) is 2. The van der Waals surface area contributed by atoms with Crippen molar-refractivity contribution >= 4 is 0 Å². The minimum atomic E-state index is -0.207. The van der Waals surface area contributed by atoms with E-state index in [2.05, 4.69) is 58.6 Å². The average molecular weight is 493 g/mol. The predicted octanol–water partition coefficient (Wildman–Crippen LogP) is 6.10. The fraction of sp³-hybridized carbons (Fsp3) is 0.500. The fourth-order valence-electron chi connectivity index (χ4n) is 4.44. The molecule has 1 aromatic heterocycles. The quantitative estimate of drug-likeness (QED) is 0.430. The molecule has 0 atom stereocenters. The molecule has 3 aromatic rings. The summed E-state index contributed by atoms with van der Waals surface area (Å²) in [5.41, 5.74) is 4.38. The first-order valence-electron chi connectivity index (χ1n) is 12.9. The van der Waals surface area contributed by atoms with E-state index in [9.17, 15) is 5.11 Å². The number of phenolic OH excluding ortho intramolecular Hbond substituents is 1. The first-order valence-corrected chi connectivity index (χ1v) is 12.9. The van der Waals surface area contributed by atoms with Crippen LogP contribution in [-0.2, 0) is 28.5 Å². The maximum absolute atomic E-state index is 11.0. The molecule has 6 nitrogen and oxygen atoms in total. The van der Waals surface area contributed by atoms with Gasteiger partial charge in [-0.1, -0.05) is 53.7 Å². The third-order valence-corrected chi connectivity index (χ3v) is 6.58. The Morgan fingerprint density at radius 3 is 2.14 bits per heavy atom. The molecule has 1 N–H and O–H groups in total. The summed E-state index contributed by atoms with van der Waals surface area (Å²) in [5.74, 6) is 1.77. The van der Waals surface area contributed by atoms with Crippen molar-refractivity contribution in [2.75, 3.05) is 32.9 Å². The Morgan fingerprint density at radius 2 is 1.56 bits per heavy atom. The highest BCUT2D eigenvalue weighted by Gasteiger charge is 2.27. The van der Waals surface area contributed by atoms with Crippen LogP contribution in [0.4, 0.5) is 0 Å². The van der Waals surface area contributed by atoms with Crippen LogP contribution in [0.1, 0.15) is 63.9 Å². The van der Waals surface area contributed by atoms with E-state index in [0.29, 0.717) is 24.7 Å². The van der Waals surface area contributed by atoms with E-state index in [1.54, 1.807) is 6.26 Å². The van der Waals surface area contributed by atoms with Gasteiger partial charge in [0.05, 0.1) is 25.5 Å². The molecule has 1 aliphatic rings. The van der Waals surface area contributed by atoms with Gasteiger partial charge in [-0.05, 0) is 40.7 Å². The summed E-state index contributed by atoms with van der Waals surface area (Å²) in [7, 11) is 0. The van der Waals surface area contributed by atoms with Gasteiger partial charge < -0.3 is 19.0 Å². The van der Waals surface area contributed by atoms with Crippen molar-refractivity contribution in [3.63, 3.8) is 0 Å². The summed E-state index contributed by atoms with van der Waals surface area (Å²) in [4.78, 5) is 7.13. The maximum Gasteiger partial charge on any atom is 0.226 e. The number of oxazole rings is 1. The molecule has 4 rings (SSSR count). The van der Waals surface area contributed by atoms with Crippen molar-refractivity contribution in [3.05, 3.63) is 65.0 Å². The molecule has 0 unspecified atom stereocenters. The van der Waals surface area contributed by atoms with Crippen molar-refractivity contribution in [2.45, 2.75) is 65.3 Å². The Bertz CT molecular complexity index is 1110. The summed E-state index contributed by atoms with van der Waals surface area (Å²) in [6.07, 6.45) is 2.35. The number of aromatic nitrogens is 1. The Labute approximate surface area is 215 Å². The standard InChI is InChI=1S/C30H40N2O4/c1-29(2,3)25-17-22(18-26(27(25)33)30(4,5)6)28-31-23(20-36-28)11-14-35-24-9-7-21(8-10-24)19-32-12-15-34-16-13-32/h7-10,17-18,20,33H,11-16,19H2,1-6H3. The first kappa shape index (κ1) is 26.2. The summed E-state index contributed by atoms with van der Waals surface area (Å²) < 4.78 is 17.2. The lowest BCUT2D eigenvalue weighted by Crippen LogP contribution is -2.35. The van der Waals surface area contributed by atoms with E-state index in [0.717, 1.165) is 61.0 Å². The van der Waals surface area contributed by atoms with E-state index in [1.807, 2.05) is 24.3 Å². The molecule has 2 heterocycles. The molecule has 0 saturated carbocycles. The van der Waals surface area contributed by atoms with Crippen molar-refractivity contribution in [2.24, 2.45) is 0 Å². The third kappa shape index (κ3) is 6.48. The van der Waals surface area contributed by atoms with Gasteiger partial charge in [0.25, 0.3) is 0 Å². The lowest BCUT2D eigenvalue weighted by atomic mass is 9.78. The summed E-state index contributed by atoms with van der Waals surface area (Å²) >= 11 is 0. The Hall–Kier alpha value is -2.83. The predicted molar refractivity (Wildman–Crippen MR) is 143 cm³/mol. The zero-order valence-corrected chi connectivity index (χ0v) is 22.6. The maximum atomic E-state index is 11.0. The highest BCUT2D eigenvalue weighted by Crippen LogP contribution is 2.41. The summed E-state index contributed by atoms with van der Waals surface area (Å²) in [5, 5.41) is 11.0. The molecule has 6 heteroatoms. The highest BCUT2D eigenvalue weighted by atomic mass is 16.5. The van der Waals surface area contributed by atoms with Crippen LogP contribution >= 0.6 is 0 Å². The number of ether oxygens (including phenoxy) is 2. The normalized spacial score (nSPS) is 15.3. The average Bonchev–Trinajstić information content (AvgIpc) is 3.28. The van der Waals surface area contributed by atoms with Gasteiger partial charge >= 0.3 is 0 Å². The van der Waals surface area contributed by atoms with Gasteiger partial charge in [0.1, 0.15) is 17.8 Å². The second-order valence-electron chi connectivity index (χ2n) is 11.7. The number of hydrogen-bond acceptors (Lipinski definition) is 6. The Balaban J connectivity index is 1.39. The highest BCUT2D eigenvalue weighted by molar-refractivity contribution is 5.63. The molecular formula is C30H40N2O4. The summed E-state index contributed by atoms with van der Waals surface area (Å²) in [6.45, 7) is 17.7. The molecule has 1 fully saturated rings. The van der Waals surface area contributed by atoms with Crippen LogP contribution in [0.3, 0.4) is 0 Å². The lowest BCUT2D eigenvalue weighted by Gasteiger charge is -2.27. The monoisotopic (exact) mass is 492 g/mol. The van der Waals surface area contributed by atoms with Crippen molar-refractivity contribution < 1.29 is 19.0 Å². The molecule has 0 radical (unpaired) electrons. The molecule has 0 bridgehead atoms. The van der Waals surface area contributed by atoms with Crippen molar-refractivity contribution in [1.29, 1.82) is 0 Å². The molecule has 1 saturated heterocycles. The van der Waals surface area contributed by atoms with Gasteiger partial charge in [0.2, 0.25) is 5.89 Å². The van der Waals surface area contributed by atoms with Gasteiger partial charge in [-0.25, -0.2) is 4.98 Å².